The average Bonchev–Trinajstić information content (AvgIpc) is 3.22. The Kier molecular flexibility index (Phi) is 6.32. The molecule has 0 saturated carbocycles. The van der Waals surface area contributed by atoms with Crippen molar-refractivity contribution in [2.24, 2.45) is 0 Å². The number of aromatic nitrogens is 3. The van der Waals surface area contributed by atoms with Gasteiger partial charge in [-0.25, -0.2) is 9.97 Å². The molecular formula is C22H20N4O4S. The van der Waals surface area contributed by atoms with Gasteiger partial charge in [-0.1, -0.05) is 23.9 Å². The molecule has 0 unspecified atom stereocenters. The van der Waals surface area contributed by atoms with Crippen LogP contribution in [-0.2, 0) is 11.3 Å². The summed E-state index contributed by atoms with van der Waals surface area (Å²) in [7, 11) is 1.60. The van der Waals surface area contributed by atoms with Gasteiger partial charge in [-0.2, -0.15) is 0 Å². The molecule has 0 aliphatic rings. The zero-order chi connectivity index (χ0) is 21.6. The maximum absolute atomic E-state index is 12.4. The van der Waals surface area contributed by atoms with Crippen molar-refractivity contribution in [3.63, 3.8) is 0 Å². The fourth-order valence-electron chi connectivity index (χ4n) is 2.92. The Bertz CT molecular complexity index is 1220. The normalized spacial score (nSPS) is 10.9. The minimum absolute atomic E-state index is 0.164. The molecule has 1 N–H and O–H groups in total. The van der Waals surface area contributed by atoms with Crippen molar-refractivity contribution in [3.8, 4) is 17.0 Å². The van der Waals surface area contributed by atoms with Gasteiger partial charge in [0.25, 0.3) is 10.8 Å². The zero-order valence-electron chi connectivity index (χ0n) is 16.8. The van der Waals surface area contributed by atoms with Crippen LogP contribution >= 0.6 is 11.8 Å². The number of para-hydroxylation sites is 2. The Hall–Kier alpha value is -3.59. The van der Waals surface area contributed by atoms with E-state index < -0.39 is 0 Å². The zero-order valence-corrected chi connectivity index (χ0v) is 17.6. The Morgan fingerprint density at radius 1 is 1.19 bits per heavy atom. The molecule has 0 atom stereocenters. The molecule has 8 nitrogen and oxygen atoms in total. The lowest BCUT2D eigenvalue weighted by atomic mass is 10.1. The second kappa shape index (κ2) is 9.48. The van der Waals surface area contributed by atoms with E-state index in [1.807, 2.05) is 48.5 Å². The van der Waals surface area contributed by atoms with Crippen LogP contribution < -0.4 is 15.6 Å². The van der Waals surface area contributed by atoms with E-state index in [2.05, 4.69) is 15.3 Å². The van der Waals surface area contributed by atoms with E-state index in [4.69, 9.17) is 9.15 Å². The topological polar surface area (TPSA) is 99.2 Å². The molecule has 4 aromatic rings. The van der Waals surface area contributed by atoms with Crippen molar-refractivity contribution in [2.45, 2.75) is 11.8 Å². The second-order valence-corrected chi connectivity index (χ2v) is 7.55. The Labute approximate surface area is 182 Å². The first-order chi connectivity index (χ1) is 15.1. The van der Waals surface area contributed by atoms with E-state index in [0.717, 1.165) is 16.8 Å². The van der Waals surface area contributed by atoms with Gasteiger partial charge in [-0.15, -0.1) is 0 Å². The SMILES string of the molecule is COc1ccc(-c2cc(=O)n(CCNC(=O)CSc3nc4ccccc4o3)cn2)cc1. The lowest BCUT2D eigenvalue weighted by Crippen LogP contribution is -2.31. The molecule has 2 heterocycles. The highest BCUT2D eigenvalue weighted by Crippen LogP contribution is 2.23. The molecule has 0 radical (unpaired) electrons. The summed E-state index contributed by atoms with van der Waals surface area (Å²) in [6.07, 6.45) is 1.49. The first-order valence-electron chi connectivity index (χ1n) is 9.58. The van der Waals surface area contributed by atoms with Crippen LogP contribution in [0.4, 0.5) is 0 Å². The van der Waals surface area contributed by atoms with E-state index in [1.165, 1.54) is 28.7 Å². The summed E-state index contributed by atoms with van der Waals surface area (Å²) in [6.45, 7) is 0.643. The highest BCUT2D eigenvalue weighted by Gasteiger charge is 2.09. The van der Waals surface area contributed by atoms with Crippen LogP contribution in [0.5, 0.6) is 5.75 Å². The first kappa shape index (κ1) is 20.7. The van der Waals surface area contributed by atoms with Crippen LogP contribution in [0, 0.1) is 0 Å². The van der Waals surface area contributed by atoms with Gasteiger partial charge in [0.2, 0.25) is 5.91 Å². The quantitative estimate of drug-likeness (QED) is 0.424. The molecule has 0 saturated heterocycles. The highest BCUT2D eigenvalue weighted by molar-refractivity contribution is 7.99. The van der Waals surface area contributed by atoms with E-state index >= 15 is 0 Å². The van der Waals surface area contributed by atoms with Gasteiger partial charge >= 0.3 is 0 Å². The van der Waals surface area contributed by atoms with Crippen molar-refractivity contribution in [3.05, 3.63) is 71.3 Å². The molecule has 2 aromatic heterocycles. The predicted octanol–water partition coefficient (Wildman–Crippen LogP) is 2.97. The molecule has 0 fully saturated rings. The summed E-state index contributed by atoms with van der Waals surface area (Å²) in [5.41, 5.74) is 2.68. The van der Waals surface area contributed by atoms with Crippen molar-refractivity contribution in [2.75, 3.05) is 19.4 Å². The van der Waals surface area contributed by atoms with E-state index in [0.29, 0.717) is 29.6 Å². The summed E-state index contributed by atoms with van der Waals surface area (Å²) in [5.74, 6) is 0.751. The molecule has 2 aromatic carbocycles. The predicted molar refractivity (Wildman–Crippen MR) is 118 cm³/mol. The molecule has 0 aliphatic carbocycles. The number of methoxy groups -OCH3 is 1. The molecule has 0 bridgehead atoms. The maximum atomic E-state index is 12.4. The van der Waals surface area contributed by atoms with Gasteiger partial charge in [0.1, 0.15) is 11.3 Å². The minimum atomic E-state index is -0.184. The second-order valence-electron chi connectivity index (χ2n) is 6.62. The summed E-state index contributed by atoms with van der Waals surface area (Å²) < 4.78 is 12.2. The van der Waals surface area contributed by atoms with Gasteiger partial charge in [-0.05, 0) is 36.4 Å². The maximum Gasteiger partial charge on any atom is 0.257 e. The lowest BCUT2D eigenvalue weighted by molar-refractivity contribution is -0.118. The number of hydrogen-bond donors (Lipinski definition) is 1. The molecule has 158 valence electrons. The van der Waals surface area contributed by atoms with Crippen LogP contribution in [0.2, 0.25) is 0 Å². The highest BCUT2D eigenvalue weighted by atomic mass is 32.2. The number of ether oxygens (including phenoxy) is 1. The third kappa shape index (κ3) is 5.13. The van der Waals surface area contributed by atoms with E-state index in [9.17, 15) is 9.59 Å². The number of nitrogens with one attached hydrogen (secondary N) is 1. The third-order valence-corrected chi connectivity index (χ3v) is 5.37. The molecule has 0 aliphatic heterocycles. The fraction of sp³-hybridized carbons (Fsp3) is 0.182. The van der Waals surface area contributed by atoms with Crippen LogP contribution in [0.15, 0.2) is 75.4 Å². The van der Waals surface area contributed by atoms with Crippen LogP contribution in [0.25, 0.3) is 22.4 Å². The molecule has 4 rings (SSSR count). The van der Waals surface area contributed by atoms with Gasteiger partial charge in [0, 0.05) is 24.7 Å². The molecule has 9 heteroatoms. The number of fused-ring (bicyclic) bond motifs is 1. The van der Waals surface area contributed by atoms with Gasteiger partial charge in [0.05, 0.1) is 24.9 Å². The Morgan fingerprint density at radius 2 is 2.00 bits per heavy atom. The molecule has 31 heavy (non-hydrogen) atoms. The summed E-state index contributed by atoms with van der Waals surface area (Å²) in [4.78, 5) is 33.1. The molecule has 0 spiro atoms. The average molecular weight is 436 g/mol. The number of rotatable bonds is 8. The number of hydrogen-bond acceptors (Lipinski definition) is 7. The summed E-state index contributed by atoms with van der Waals surface area (Å²) in [5, 5.41) is 3.24. The number of carbonyl (C=O) groups excluding carboxylic acids is 1. The van der Waals surface area contributed by atoms with Gasteiger partial charge in [-0.3, -0.25) is 14.2 Å². The number of carbonyl (C=O) groups is 1. The van der Waals surface area contributed by atoms with Crippen molar-refractivity contribution >= 4 is 28.8 Å². The van der Waals surface area contributed by atoms with E-state index in [-0.39, 0.29) is 17.2 Å². The number of amides is 1. The lowest BCUT2D eigenvalue weighted by Gasteiger charge is -2.08. The monoisotopic (exact) mass is 436 g/mol. The summed E-state index contributed by atoms with van der Waals surface area (Å²) >= 11 is 1.23. The van der Waals surface area contributed by atoms with E-state index in [1.54, 1.807) is 7.11 Å². The number of nitrogens with zero attached hydrogens (tertiary/aromatic N) is 3. The van der Waals surface area contributed by atoms with Gasteiger partial charge < -0.3 is 14.5 Å². The number of benzene rings is 2. The largest absolute Gasteiger partial charge is 0.497 e. The Morgan fingerprint density at radius 3 is 2.74 bits per heavy atom. The third-order valence-electron chi connectivity index (χ3n) is 4.54. The van der Waals surface area contributed by atoms with Crippen LogP contribution in [-0.4, -0.2) is 39.8 Å². The van der Waals surface area contributed by atoms with Gasteiger partial charge in [0.15, 0.2) is 5.58 Å². The standard InChI is InChI=1S/C22H20N4O4S/c1-29-16-8-6-15(7-9-16)18-12-21(28)26(14-24-18)11-10-23-20(27)13-31-22-25-17-4-2-3-5-19(17)30-22/h2-9,12,14H,10-11,13H2,1H3,(H,23,27). The number of thioether (sulfide) groups is 1. The smallest absolute Gasteiger partial charge is 0.257 e. The first-order valence-corrected chi connectivity index (χ1v) is 10.6. The van der Waals surface area contributed by atoms with Crippen molar-refractivity contribution in [1.29, 1.82) is 0 Å². The molecular weight excluding hydrogens is 416 g/mol. The fourth-order valence-corrected chi connectivity index (χ4v) is 3.59. The van der Waals surface area contributed by atoms with Crippen molar-refractivity contribution in [1.82, 2.24) is 19.9 Å². The Balaban J connectivity index is 1.27. The number of oxazole rings is 1. The summed E-state index contributed by atoms with van der Waals surface area (Å²) in [6, 6.07) is 16.2. The molecule has 1 amide bonds. The minimum Gasteiger partial charge on any atom is -0.497 e. The van der Waals surface area contributed by atoms with Crippen LogP contribution in [0.3, 0.4) is 0 Å². The van der Waals surface area contributed by atoms with Crippen molar-refractivity contribution < 1.29 is 13.9 Å². The van der Waals surface area contributed by atoms with Crippen LogP contribution in [0.1, 0.15) is 0 Å².